The molecule has 0 bridgehead atoms. The Morgan fingerprint density at radius 2 is 2.11 bits per heavy atom. The number of nitrogens with one attached hydrogen (secondary N) is 1. The van der Waals surface area contributed by atoms with E-state index in [0.29, 0.717) is 11.5 Å². The molecule has 0 aromatic heterocycles. The molecule has 18 heavy (non-hydrogen) atoms. The number of rotatable bonds is 1. The summed E-state index contributed by atoms with van der Waals surface area (Å²) in [5.74, 6) is 0.631. The first-order valence-corrected chi connectivity index (χ1v) is 7.48. The molecule has 1 heterocycles. The number of amidine groups is 1. The lowest BCUT2D eigenvalue weighted by Gasteiger charge is -2.24. The number of hydrogen-bond donors (Lipinski definition) is 1. The molecular formula is C13H14N2O2S. The van der Waals surface area contributed by atoms with Crippen LogP contribution in [0.25, 0.3) is 0 Å². The fourth-order valence-electron chi connectivity index (χ4n) is 2.33. The van der Waals surface area contributed by atoms with E-state index in [1.165, 1.54) is 0 Å². The molecule has 2 aliphatic rings. The van der Waals surface area contributed by atoms with E-state index in [9.17, 15) is 8.42 Å². The summed E-state index contributed by atoms with van der Waals surface area (Å²) < 4.78 is 28.1. The van der Waals surface area contributed by atoms with Gasteiger partial charge in [-0.05, 0) is 31.4 Å². The van der Waals surface area contributed by atoms with E-state index in [-0.39, 0.29) is 10.8 Å². The second kappa shape index (κ2) is 4.24. The van der Waals surface area contributed by atoms with Crippen molar-refractivity contribution >= 4 is 21.5 Å². The molecule has 0 saturated heterocycles. The molecule has 1 atom stereocenters. The number of hydrogen-bond acceptors (Lipinski definition) is 3. The number of anilines is 1. The number of allylic oxidation sites excluding steroid dienone is 1. The van der Waals surface area contributed by atoms with E-state index in [4.69, 9.17) is 0 Å². The van der Waals surface area contributed by atoms with Crippen molar-refractivity contribution in [1.29, 1.82) is 0 Å². The Kier molecular flexibility index (Phi) is 2.70. The third-order valence-corrected chi connectivity index (χ3v) is 4.60. The SMILES string of the molecule is O=S1(=O)N=C(C2C=CCCC2)Nc2ccccc21. The maximum atomic E-state index is 12.1. The van der Waals surface area contributed by atoms with Crippen LogP contribution in [0, 0.1) is 5.92 Å². The Bertz CT molecular complexity index is 632. The Morgan fingerprint density at radius 1 is 1.28 bits per heavy atom. The van der Waals surface area contributed by atoms with E-state index in [2.05, 4.69) is 15.8 Å². The summed E-state index contributed by atoms with van der Waals surface area (Å²) in [6.45, 7) is 0. The smallest absolute Gasteiger partial charge is 0.286 e. The van der Waals surface area contributed by atoms with Gasteiger partial charge in [0.05, 0.1) is 5.69 Å². The van der Waals surface area contributed by atoms with Gasteiger partial charge in [0.2, 0.25) is 0 Å². The Balaban J connectivity index is 2.04. The summed E-state index contributed by atoms with van der Waals surface area (Å²) in [7, 11) is -3.55. The minimum absolute atomic E-state index is 0.0851. The van der Waals surface area contributed by atoms with Crippen LogP contribution in [0.15, 0.2) is 45.7 Å². The van der Waals surface area contributed by atoms with Crippen molar-refractivity contribution < 1.29 is 8.42 Å². The second-order valence-corrected chi connectivity index (χ2v) is 6.11. The van der Waals surface area contributed by atoms with Crippen molar-refractivity contribution in [2.75, 3.05) is 5.32 Å². The van der Waals surface area contributed by atoms with Gasteiger partial charge in [-0.15, -0.1) is 4.40 Å². The molecular weight excluding hydrogens is 248 g/mol. The molecule has 1 aliphatic heterocycles. The van der Waals surface area contributed by atoms with Crippen molar-refractivity contribution in [3.8, 4) is 0 Å². The van der Waals surface area contributed by atoms with Crippen LogP contribution >= 0.6 is 0 Å². The molecule has 0 spiro atoms. The lowest BCUT2D eigenvalue weighted by atomic mass is 9.95. The molecule has 1 unspecified atom stereocenters. The predicted octanol–water partition coefficient (Wildman–Crippen LogP) is 2.56. The van der Waals surface area contributed by atoms with Crippen LogP contribution in [0.2, 0.25) is 0 Å². The second-order valence-electron chi connectivity index (χ2n) is 4.54. The highest BCUT2D eigenvalue weighted by molar-refractivity contribution is 7.90. The molecule has 1 aromatic rings. The largest absolute Gasteiger partial charge is 0.341 e. The first-order valence-electron chi connectivity index (χ1n) is 6.04. The van der Waals surface area contributed by atoms with Gasteiger partial charge >= 0.3 is 0 Å². The molecule has 1 aliphatic carbocycles. The maximum absolute atomic E-state index is 12.1. The maximum Gasteiger partial charge on any atom is 0.286 e. The lowest BCUT2D eigenvalue weighted by molar-refractivity contribution is 0.595. The standard InChI is InChI=1S/C13H14N2O2S/c16-18(17)12-9-5-4-8-11(12)14-13(15-18)10-6-2-1-3-7-10/h2,4-6,8-10H,1,3,7H2,(H,14,15). The van der Waals surface area contributed by atoms with Crippen molar-refractivity contribution in [2.45, 2.75) is 24.2 Å². The van der Waals surface area contributed by atoms with E-state index in [1.54, 1.807) is 18.2 Å². The number of fused-ring (bicyclic) bond motifs is 1. The molecule has 0 saturated carbocycles. The van der Waals surface area contributed by atoms with Crippen LogP contribution < -0.4 is 5.32 Å². The molecule has 1 aromatic carbocycles. The molecule has 94 valence electrons. The third kappa shape index (κ3) is 1.95. The van der Waals surface area contributed by atoms with E-state index < -0.39 is 10.0 Å². The number of benzene rings is 1. The van der Waals surface area contributed by atoms with Gasteiger partial charge in [0, 0.05) is 5.92 Å². The molecule has 0 amide bonds. The van der Waals surface area contributed by atoms with Crippen molar-refractivity contribution in [3.05, 3.63) is 36.4 Å². The van der Waals surface area contributed by atoms with Crippen LogP contribution in [-0.2, 0) is 10.0 Å². The molecule has 4 nitrogen and oxygen atoms in total. The van der Waals surface area contributed by atoms with Gasteiger partial charge in [-0.3, -0.25) is 0 Å². The number of para-hydroxylation sites is 1. The van der Waals surface area contributed by atoms with Gasteiger partial charge in [0.1, 0.15) is 10.7 Å². The molecule has 5 heteroatoms. The summed E-state index contributed by atoms with van der Waals surface area (Å²) in [6.07, 6.45) is 7.21. The van der Waals surface area contributed by atoms with Crippen LogP contribution in [0.3, 0.4) is 0 Å². The highest BCUT2D eigenvalue weighted by atomic mass is 32.2. The van der Waals surface area contributed by atoms with E-state index in [0.717, 1.165) is 19.3 Å². The third-order valence-electron chi connectivity index (χ3n) is 3.25. The summed E-state index contributed by atoms with van der Waals surface area (Å²) in [4.78, 5) is 0.258. The fraction of sp³-hybridized carbons (Fsp3) is 0.308. The van der Waals surface area contributed by atoms with Gasteiger partial charge < -0.3 is 5.32 Å². The topological polar surface area (TPSA) is 58.5 Å². The highest BCUT2D eigenvalue weighted by Crippen LogP contribution is 2.30. The summed E-state index contributed by atoms with van der Waals surface area (Å²) in [6, 6.07) is 6.88. The molecule has 1 N–H and O–H groups in total. The zero-order valence-corrected chi connectivity index (χ0v) is 10.7. The van der Waals surface area contributed by atoms with Crippen LogP contribution in [0.1, 0.15) is 19.3 Å². The van der Waals surface area contributed by atoms with Gasteiger partial charge in [-0.1, -0.05) is 24.3 Å². The van der Waals surface area contributed by atoms with Crippen molar-refractivity contribution in [1.82, 2.24) is 0 Å². The normalized spacial score (nSPS) is 24.9. The summed E-state index contributed by atoms with van der Waals surface area (Å²) >= 11 is 0. The molecule has 3 rings (SSSR count). The van der Waals surface area contributed by atoms with E-state index in [1.807, 2.05) is 12.1 Å². The average molecular weight is 262 g/mol. The van der Waals surface area contributed by atoms with Crippen molar-refractivity contribution in [3.63, 3.8) is 0 Å². The monoisotopic (exact) mass is 262 g/mol. The number of nitrogens with zero attached hydrogens (tertiary/aromatic N) is 1. The lowest BCUT2D eigenvalue weighted by Crippen LogP contribution is -2.28. The quantitative estimate of drug-likeness (QED) is 0.791. The summed E-state index contributed by atoms with van der Waals surface area (Å²) in [5, 5.41) is 3.14. The molecule has 0 fully saturated rings. The first kappa shape index (κ1) is 11.5. The average Bonchev–Trinajstić information content (AvgIpc) is 2.39. The highest BCUT2D eigenvalue weighted by Gasteiger charge is 2.27. The molecule has 0 radical (unpaired) electrons. The summed E-state index contributed by atoms with van der Waals surface area (Å²) in [5.41, 5.74) is 0.626. The number of sulfonamides is 1. The predicted molar refractivity (Wildman–Crippen MR) is 71.2 cm³/mol. The Hall–Kier alpha value is -1.62. The van der Waals surface area contributed by atoms with Crippen LogP contribution in [0.5, 0.6) is 0 Å². The zero-order valence-electron chi connectivity index (χ0n) is 9.83. The first-order chi connectivity index (χ1) is 8.67. The van der Waals surface area contributed by atoms with Gasteiger partial charge in [-0.25, -0.2) is 0 Å². The van der Waals surface area contributed by atoms with E-state index >= 15 is 0 Å². The Morgan fingerprint density at radius 3 is 2.89 bits per heavy atom. The minimum Gasteiger partial charge on any atom is -0.341 e. The van der Waals surface area contributed by atoms with Gasteiger partial charge in [0.15, 0.2) is 0 Å². The Labute approximate surface area is 106 Å². The fourth-order valence-corrected chi connectivity index (χ4v) is 3.52. The zero-order chi connectivity index (χ0) is 12.6. The van der Waals surface area contributed by atoms with Gasteiger partial charge in [-0.2, -0.15) is 8.42 Å². The van der Waals surface area contributed by atoms with Crippen LogP contribution in [0.4, 0.5) is 5.69 Å². The minimum atomic E-state index is -3.55. The van der Waals surface area contributed by atoms with Crippen LogP contribution in [-0.4, -0.2) is 14.3 Å². The van der Waals surface area contributed by atoms with Crippen molar-refractivity contribution in [2.24, 2.45) is 10.3 Å². The van der Waals surface area contributed by atoms with Gasteiger partial charge in [0.25, 0.3) is 10.0 Å².